The summed E-state index contributed by atoms with van der Waals surface area (Å²) in [5.41, 5.74) is 0. The van der Waals surface area contributed by atoms with Crippen LogP contribution >= 0.6 is 0 Å². The summed E-state index contributed by atoms with van der Waals surface area (Å²) in [6.07, 6.45) is 27.3. The smallest absolute Gasteiger partial charge is 0.0357 e. The van der Waals surface area contributed by atoms with Crippen LogP contribution in [0, 0.1) is 17.8 Å². The monoisotopic (exact) mass is 306 g/mol. The van der Waals surface area contributed by atoms with E-state index >= 15 is 0 Å². The fraction of sp³-hybridized carbons (Fsp3) is 1.00. The van der Waals surface area contributed by atoms with Gasteiger partial charge in [0.05, 0.1) is 0 Å². The molecule has 0 N–H and O–H groups in total. The maximum absolute atomic E-state index is 2.31. The predicted octanol–water partition coefficient (Wildman–Crippen LogP) is 7.90. The van der Waals surface area contributed by atoms with Crippen LogP contribution in [0.5, 0.6) is 0 Å². The van der Waals surface area contributed by atoms with Gasteiger partial charge in [-0.05, 0) is 24.2 Å². The first-order valence-electron chi connectivity index (χ1n) is 10.9. The highest BCUT2D eigenvalue weighted by molar-refractivity contribution is 4.85. The lowest BCUT2D eigenvalue weighted by atomic mass is 9.64. The van der Waals surface area contributed by atoms with Crippen molar-refractivity contribution in [2.75, 3.05) is 0 Å². The summed E-state index contributed by atoms with van der Waals surface area (Å²) in [5.74, 6) is 3.39. The van der Waals surface area contributed by atoms with Crippen molar-refractivity contribution in [2.45, 2.75) is 122 Å². The van der Waals surface area contributed by atoms with Crippen LogP contribution < -0.4 is 0 Å². The molecule has 0 spiro atoms. The highest BCUT2D eigenvalue weighted by Crippen LogP contribution is 2.45. The van der Waals surface area contributed by atoms with Gasteiger partial charge in [0.1, 0.15) is 0 Å². The van der Waals surface area contributed by atoms with Crippen molar-refractivity contribution < 1.29 is 0 Å². The van der Waals surface area contributed by atoms with Gasteiger partial charge in [-0.15, -0.1) is 0 Å². The lowest BCUT2D eigenvalue weighted by Gasteiger charge is -2.41. The first-order valence-corrected chi connectivity index (χ1v) is 10.9. The van der Waals surface area contributed by atoms with E-state index in [1.807, 2.05) is 0 Å². The lowest BCUT2D eigenvalue weighted by Crippen LogP contribution is -2.30. The third-order valence-electron chi connectivity index (χ3n) is 6.65. The summed E-state index contributed by atoms with van der Waals surface area (Å²) in [5, 5.41) is 0. The molecule has 0 radical (unpaired) electrons. The summed E-state index contributed by atoms with van der Waals surface area (Å²) in [6, 6.07) is 0. The van der Waals surface area contributed by atoms with Gasteiger partial charge < -0.3 is 0 Å². The van der Waals surface area contributed by atoms with Crippen molar-refractivity contribution in [3.05, 3.63) is 0 Å². The SMILES string of the molecule is CCCCCCCCCCCCC1CCCC2CCCCC12. The molecule has 130 valence electrons. The largest absolute Gasteiger partial charge is 0.0654 e. The zero-order valence-corrected chi connectivity index (χ0v) is 15.5. The minimum absolute atomic E-state index is 1.12. The molecular weight excluding hydrogens is 264 g/mol. The summed E-state index contributed by atoms with van der Waals surface area (Å²) in [6.45, 7) is 2.31. The van der Waals surface area contributed by atoms with Crippen LogP contribution in [0.4, 0.5) is 0 Å². The molecule has 22 heavy (non-hydrogen) atoms. The van der Waals surface area contributed by atoms with Gasteiger partial charge in [-0.3, -0.25) is 0 Å². The molecule has 3 unspecified atom stereocenters. The molecule has 2 rings (SSSR count). The van der Waals surface area contributed by atoms with Crippen LogP contribution in [0.2, 0.25) is 0 Å². The van der Waals surface area contributed by atoms with Crippen LogP contribution in [0.1, 0.15) is 122 Å². The Labute approximate surface area is 140 Å². The van der Waals surface area contributed by atoms with Crippen molar-refractivity contribution in [1.29, 1.82) is 0 Å². The summed E-state index contributed by atoms with van der Waals surface area (Å²) in [7, 11) is 0. The average molecular weight is 307 g/mol. The zero-order chi connectivity index (χ0) is 15.5. The fourth-order valence-electron chi connectivity index (χ4n) is 5.32. The van der Waals surface area contributed by atoms with Gasteiger partial charge in [-0.2, -0.15) is 0 Å². The van der Waals surface area contributed by atoms with Crippen LogP contribution in [-0.4, -0.2) is 0 Å². The fourth-order valence-corrected chi connectivity index (χ4v) is 5.32. The van der Waals surface area contributed by atoms with Crippen LogP contribution in [0.15, 0.2) is 0 Å². The topological polar surface area (TPSA) is 0 Å². The third-order valence-corrected chi connectivity index (χ3v) is 6.65. The van der Waals surface area contributed by atoms with Gasteiger partial charge in [0.2, 0.25) is 0 Å². The maximum atomic E-state index is 2.31. The molecule has 0 bridgehead atoms. The van der Waals surface area contributed by atoms with E-state index in [0.29, 0.717) is 0 Å². The van der Waals surface area contributed by atoms with Gasteiger partial charge >= 0.3 is 0 Å². The molecule has 0 aromatic heterocycles. The number of hydrogen-bond acceptors (Lipinski definition) is 0. The molecule has 2 fully saturated rings. The van der Waals surface area contributed by atoms with E-state index in [1.54, 1.807) is 38.5 Å². The van der Waals surface area contributed by atoms with Gasteiger partial charge in [0.15, 0.2) is 0 Å². The van der Waals surface area contributed by atoms with Gasteiger partial charge in [-0.1, -0.05) is 116 Å². The van der Waals surface area contributed by atoms with E-state index in [4.69, 9.17) is 0 Å². The molecule has 0 aliphatic heterocycles. The van der Waals surface area contributed by atoms with E-state index in [1.165, 1.54) is 77.0 Å². The molecule has 3 atom stereocenters. The third kappa shape index (κ3) is 6.63. The number of hydrogen-bond donors (Lipinski definition) is 0. The Morgan fingerprint density at radius 1 is 0.591 bits per heavy atom. The predicted molar refractivity (Wildman–Crippen MR) is 99.3 cm³/mol. The molecule has 0 aromatic carbocycles. The van der Waals surface area contributed by atoms with Crippen LogP contribution in [-0.2, 0) is 0 Å². The Balaban J connectivity index is 1.44. The quantitative estimate of drug-likeness (QED) is 0.340. The standard InChI is InChI=1S/C22H42/c1-2-3-4-5-6-7-8-9-10-11-15-20-17-14-18-21-16-12-13-19-22(20)21/h20-22H,2-19H2,1H3. The minimum Gasteiger partial charge on any atom is -0.0654 e. The molecule has 0 aromatic rings. The molecule has 0 nitrogen and oxygen atoms in total. The molecule has 2 aliphatic rings. The number of rotatable bonds is 11. The van der Waals surface area contributed by atoms with Gasteiger partial charge in [-0.25, -0.2) is 0 Å². The first kappa shape index (κ1) is 18.3. The van der Waals surface area contributed by atoms with Gasteiger partial charge in [0, 0.05) is 0 Å². The molecule has 0 heteroatoms. The second-order valence-electron chi connectivity index (χ2n) is 8.37. The van der Waals surface area contributed by atoms with Crippen molar-refractivity contribution in [2.24, 2.45) is 17.8 Å². The zero-order valence-electron chi connectivity index (χ0n) is 15.5. The van der Waals surface area contributed by atoms with E-state index in [0.717, 1.165) is 17.8 Å². The lowest BCUT2D eigenvalue weighted by molar-refractivity contribution is 0.0961. The summed E-state index contributed by atoms with van der Waals surface area (Å²) >= 11 is 0. The second kappa shape index (κ2) is 11.5. The van der Waals surface area contributed by atoms with Crippen molar-refractivity contribution in [3.63, 3.8) is 0 Å². The van der Waals surface area contributed by atoms with Crippen LogP contribution in [0.3, 0.4) is 0 Å². The minimum atomic E-state index is 1.12. The molecular formula is C22H42. The number of fused-ring (bicyclic) bond motifs is 1. The Kier molecular flexibility index (Phi) is 9.61. The highest BCUT2D eigenvalue weighted by Gasteiger charge is 2.34. The van der Waals surface area contributed by atoms with Gasteiger partial charge in [0.25, 0.3) is 0 Å². The first-order chi connectivity index (χ1) is 10.9. The second-order valence-corrected chi connectivity index (χ2v) is 8.37. The van der Waals surface area contributed by atoms with Crippen molar-refractivity contribution in [3.8, 4) is 0 Å². The molecule has 2 saturated carbocycles. The molecule has 2 aliphatic carbocycles. The maximum Gasteiger partial charge on any atom is -0.0357 e. The van der Waals surface area contributed by atoms with Crippen molar-refractivity contribution in [1.82, 2.24) is 0 Å². The summed E-state index contributed by atoms with van der Waals surface area (Å²) in [4.78, 5) is 0. The Bertz CT molecular complexity index is 255. The van der Waals surface area contributed by atoms with Crippen molar-refractivity contribution >= 4 is 0 Å². The Morgan fingerprint density at radius 2 is 1.18 bits per heavy atom. The average Bonchev–Trinajstić information content (AvgIpc) is 2.56. The Hall–Kier alpha value is 0. The molecule has 0 heterocycles. The van der Waals surface area contributed by atoms with E-state index in [9.17, 15) is 0 Å². The van der Waals surface area contributed by atoms with E-state index in [2.05, 4.69) is 6.92 Å². The molecule has 0 saturated heterocycles. The normalized spacial score (nSPS) is 28.5. The Morgan fingerprint density at radius 3 is 1.91 bits per heavy atom. The number of unbranched alkanes of at least 4 members (excludes halogenated alkanes) is 9. The molecule has 0 amide bonds. The van der Waals surface area contributed by atoms with E-state index in [-0.39, 0.29) is 0 Å². The van der Waals surface area contributed by atoms with E-state index < -0.39 is 0 Å². The summed E-state index contributed by atoms with van der Waals surface area (Å²) < 4.78 is 0. The van der Waals surface area contributed by atoms with Crippen LogP contribution in [0.25, 0.3) is 0 Å². The highest BCUT2D eigenvalue weighted by atomic mass is 14.4.